The maximum Gasteiger partial charge on any atom is 0.415 e. The molecule has 0 amide bonds. The Balaban J connectivity index is 2.28. The Morgan fingerprint density at radius 3 is 2.17 bits per heavy atom. The molecule has 1 saturated heterocycles. The largest absolute Gasteiger partial charge is 0.415 e. The fourth-order valence-corrected chi connectivity index (χ4v) is 5.86. The van der Waals surface area contributed by atoms with Gasteiger partial charge in [-0.25, -0.2) is 8.42 Å². The summed E-state index contributed by atoms with van der Waals surface area (Å²) in [5.41, 5.74) is -4.02. The predicted octanol–water partition coefficient (Wildman–Crippen LogP) is 3.77. The Bertz CT molecular complexity index is 759. The molecule has 2 bridgehead atoms. The highest BCUT2D eigenvalue weighted by Gasteiger charge is 2.81. The molecule has 0 unspecified atom stereocenters. The molecular weight excluding hydrogens is 377 g/mol. The van der Waals surface area contributed by atoms with Crippen molar-refractivity contribution >= 4 is 21.6 Å². The summed E-state index contributed by atoms with van der Waals surface area (Å²) in [6, 6.07) is 4.83. The van der Waals surface area contributed by atoms with Gasteiger partial charge in [-0.1, -0.05) is 30.4 Å². The minimum absolute atomic E-state index is 0.160. The van der Waals surface area contributed by atoms with Crippen LogP contribution >= 0.6 is 11.6 Å². The van der Waals surface area contributed by atoms with E-state index in [9.17, 15) is 30.4 Å². The van der Waals surface area contributed by atoms with Gasteiger partial charge in [-0.3, -0.25) is 0 Å². The standard InChI is InChI=1S/C14H11ClF5NO2S/c15-13(16,17)12(14(18,19)20)9-6-7-10(8-9)21(12)24(22,23)11-4-2-1-3-5-11/h1-7,9-10H,8H2/t9-,10+,12-/m0/s1. The van der Waals surface area contributed by atoms with Gasteiger partial charge >= 0.3 is 11.6 Å². The maximum absolute atomic E-state index is 14.0. The number of rotatable bonds is 3. The molecule has 132 valence electrons. The summed E-state index contributed by atoms with van der Waals surface area (Å²) in [5.74, 6) is -1.76. The normalized spacial score (nSPS) is 30.9. The van der Waals surface area contributed by atoms with E-state index in [1.807, 2.05) is 0 Å². The Morgan fingerprint density at radius 1 is 1.08 bits per heavy atom. The zero-order chi connectivity index (χ0) is 18.0. The van der Waals surface area contributed by atoms with Gasteiger partial charge in [0.25, 0.3) is 0 Å². The van der Waals surface area contributed by atoms with Gasteiger partial charge in [-0.2, -0.15) is 26.3 Å². The molecule has 0 saturated carbocycles. The average molecular weight is 388 g/mol. The predicted molar refractivity (Wildman–Crippen MR) is 76.1 cm³/mol. The zero-order valence-corrected chi connectivity index (χ0v) is 13.4. The fourth-order valence-electron chi connectivity index (χ4n) is 3.49. The lowest BCUT2D eigenvalue weighted by atomic mass is 9.85. The second-order valence-electron chi connectivity index (χ2n) is 5.67. The van der Waals surface area contributed by atoms with Gasteiger partial charge in [0.05, 0.1) is 4.90 Å². The van der Waals surface area contributed by atoms with Gasteiger partial charge < -0.3 is 0 Å². The van der Waals surface area contributed by atoms with Crippen LogP contribution in [-0.4, -0.2) is 35.9 Å². The number of hydrogen-bond donors (Lipinski definition) is 0. The fraction of sp³-hybridized carbons (Fsp3) is 0.429. The lowest BCUT2D eigenvalue weighted by Gasteiger charge is -2.46. The second kappa shape index (κ2) is 5.15. The SMILES string of the molecule is O=S(=O)(c1ccccc1)N1[C@@H]2C=C[C@@H](C2)[C@@]1(C(F)(F)F)C(F)(F)Cl. The lowest BCUT2D eigenvalue weighted by Crippen LogP contribution is -2.70. The van der Waals surface area contributed by atoms with Crippen LogP contribution in [-0.2, 0) is 10.0 Å². The van der Waals surface area contributed by atoms with Crippen molar-refractivity contribution in [3.8, 4) is 0 Å². The van der Waals surface area contributed by atoms with E-state index in [-0.39, 0.29) is 4.31 Å². The van der Waals surface area contributed by atoms with E-state index in [1.54, 1.807) is 0 Å². The lowest BCUT2D eigenvalue weighted by molar-refractivity contribution is -0.269. The molecule has 3 atom stereocenters. The molecule has 24 heavy (non-hydrogen) atoms. The first-order chi connectivity index (χ1) is 10.9. The van der Waals surface area contributed by atoms with Crippen LogP contribution in [0.1, 0.15) is 6.42 Å². The molecule has 1 aliphatic carbocycles. The molecule has 2 aliphatic rings. The van der Waals surface area contributed by atoms with E-state index < -0.39 is 50.4 Å². The van der Waals surface area contributed by atoms with Crippen molar-refractivity contribution in [2.45, 2.75) is 34.5 Å². The van der Waals surface area contributed by atoms with Gasteiger partial charge in [0.1, 0.15) is 0 Å². The molecule has 3 rings (SSSR count). The third-order valence-electron chi connectivity index (χ3n) is 4.41. The van der Waals surface area contributed by atoms with Crippen molar-refractivity contribution in [3.05, 3.63) is 42.5 Å². The number of fused-ring (bicyclic) bond motifs is 2. The van der Waals surface area contributed by atoms with Crippen molar-refractivity contribution < 1.29 is 30.4 Å². The molecular formula is C14H11ClF5NO2S. The summed E-state index contributed by atoms with van der Waals surface area (Å²) in [5, 5.41) is -4.84. The van der Waals surface area contributed by atoms with Crippen LogP contribution in [0.15, 0.2) is 47.4 Å². The van der Waals surface area contributed by atoms with Gasteiger partial charge in [-0.15, -0.1) is 0 Å². The summed E-state index contributed by atoms with van der Waals surface area (Å²) >= 11 is 4.87. The number of nitrogens with zero attached hydrogens (tertiary/aromatic N) is 1. The number of halogens is 6. The van der Waals surface area contributed by atoms with Gasteiger partial charge in [0, 0.05) is 12.0 Å². The Kier molecular flexibility index (Phi) is 3.79. The number of sulfonamides is 1. The third-order valence-corrected chi connectivity index (χ3v) is 6.64. The van der Waals surface area contributed by atoms with Crippen molar-refractivity contribution in [1.29, 1.82) is 0 Å². The highest BCUT2D eigenvalue weighted by Crippen LogP contribution is 2.62. The summed E-state index contributed by atoms with van der Waals surface area (Å²) in [7, 11) is -4.85. The van der Waals surface area contributed by atoms with Crippen molar-refractivity contribution in [3.63, 3.8) is 0 Å². The Morgan fingerprint density at radius 2 is 1.67 bits per heavy atom. The van der Waals surface area contributed by atoms with E-state index in [0.29, 0.717) is 0 Å². The highest BCUT2D eigenvalue weighted by atomic mass is 35.5. The quantitative estimate of drug-likeness (QED) is 0.450. The molecule has 0 N–H and O–H groups in total. The first-order valence-electron chi connectivity index (χ1n) is 6.85. The van der Waals surface area contributed by atoms with Crippen LogP contribution in [0.2, 0.25) is 0 Å². The van der Waals surface area contributed by atoms with E-state index >= 15 is 0 Å². The van der Waals surface area contributed by atoms with Crippen molar-refractivity contribution in [1.82, 2.24) is 4.31 Å². The van der Waals surface area contributed by atoms with E-state index in [4.69, 9.17) is 11.6 Å². The molecule has 3 nitrogen and oxygen atoms in total. The van der Waals surface area contributed by atoms with Crippen LogP contribution in [0, 0.1) is 5.92 Å². The minimum Gasteiger partial charge on any atom is -0.207 e. The van der Waals surface area contributed by atoms with Crippen LogP contribution < -0.4 is 0 Å². The maximum atomic E-state index is 14.0. The van der Waals surface area contributed by atoms with E-state index in [1.165, 1.54) is 24.3 Å². The summed E-state index contributed by atoms with van der Waals surface area (Å²) in [4.78, 5) is -0.500. The van der Waals surface area contributed by atoms with Gasteiger partial charge in [-0.05, 0) is 30.2 Å². The molecule has 1 aliphatic heterocycles. The van der Waals surface area contributed by atoms with Crippen LogP contribution in [0.3, 0.4) is 0 Å². The summed E-state index contributed by atoms with van der Waals surface area (Å²) < 4.78 is 94.7. The van der Waals surface area contributed by atoms with E-state index in [2.05, 4.69) is 0 Å². The third kappa shape index (κ3) is 2.14. The zero-order valence-electron chi connectivity index (χ0n) is 11.8. The molecule has 0 spiro atoms. The van der Waals surface area contributed by atoms with Crippen LogP contribution in [0.4, 0.5) is 22.0 Å². The molecule has 0 aromatic heterocycles. The van der Waals surface area contributed by atoms with Crippen molar-refractivity contribution in [2.75, 3.05) is 0 Å². The number of hydrogen-bond acceptors (Lipinski definition) is 2. The minimum atomic E-state index is -5.57. The van der Waals surface area contributed by atoms with Gasteiger partial charge in [0.2, 0.25) is 15.6 Å². The smallest absolute Gasteiger partial charge is 0.207 e. The molecule has 1 fully saturated rings. The number of benzene rings is 1. The van der Waals surface area contributed by atoms with E-state index in [0.717, 1.165) is 18.2 Å². The van der Waals surface area contributed by atoms with Crippen molar-refractivity contribution in [2.24, 2.45) is 5.92 Å². The molecule has 1 heterocycles. The first kappa shape index (κ1) is 17.6. The van der Waals surface area contributed by atoms with Crippen LogP contribution in [0.5, 0.6) is 0 Å². The second-order valence-corrected chi connectivity index (χ2v) is 7.96. The first-order valence-corrected chi connectivity index (χ1v) is 8.67. The Labute approximate surface area is 139 Å². The molecule has 1 aromatic carbocycles. The van der Waals surface area contributed by atoms with Crippen LogP contribution in [0.25, 0.3) is 0 Å². The summed E-state index contributed by atoms with van der Waals surface area (Å²) in [6.45, 7) is 0. The Hall–Kier alpha value is -1.19. The monoisotopic (exact) mass is 387 g/mol. The van der Waals surface area contributed by atoms with Gasteiger partial charge in [0.15, 0.2) is 0 Å². The molecule has 1 aromatic rings. The number of alkyl halides is 6. The summed E-state index contributed by atoms with van der Waals surface area (Å²) in [6.07, 6.45) is -3.80. The highest BCUT2D eigenvalue weighted by molar-refractivity contribution is 7.89. The topological polar surface area (TPSA) is 37.4 Å². The average Bonchev–Trinajstić information content (AvgIpc) is 3.05. The molecule has 10 heteroatoms. The molecule has 0 radical (unpaired) electrons.